The number of amides is 2. The van der Waals surface area contributed by atoms with E-state index in [1.807, 2.05) is 9.80 Å². The van der Waals surface area contributed by atoms with Crippen LogP contribution in [0.4, 0.5) is 0 Å². The molecule has 1 aliphatic carbocycles. The van der Waals surface area contributed by atoms with Gasteiger partial charge in [0.25, 0.3) is 11.8 Å². The lowest BCUT2D eigenvalue weighted by Gasteiger charge is -2.52. The summed E-state index contributed by atoms with van der Waals surface area (Å²) in [6.45, 7) is 1.67. The number of carbonyl (C=O) groups is 2. The molecule has 132 valence electrons. The maximum atomic E-state index is 13.0. The van der Waals surface area contributed by atoms with Crippen LogP contribution >= 0.6 is 0 Å². The van der Waals surface area contributed by atoms with Gasteiger partial charge in [-0.1, -0.05) is 19.3 Å². The fourth-order valence-electron chi connectivity index (χ4n) is 4.22. The Morgan fingerprint density at radius 3 is 2.12 bits per heavy atom. The molecule has 2 aliphatic rings. The number of carbonyl (C=O) groups excluding carboxylic acids is 2. The Kier molecular flexibility index (Phi) is 4.11. The molecule has 0 unspecified atom stereocenters. The quantitative estimate of drug-likeness (QED) is 0.841. The zero-order chi connectivity index (χ0) is 17.3. The SMILES string of the molecule is O=C(c1ccoc1)N1CCN(C(=O)c2ccoc2)C2(CCCCC2)C1. The first-order valence-electron chi connectivity index (χ1n) is 8.85. The number of rotatable bonds is 2. The molecule has 3 heterocycles. The molecule has 1 saturated carbocycles. The van der Waals surface area contributed by atoms with E-state index < -0.39 is 0 Å². The Morgan fingerprint density at radius 1 is 0.880 bits per heavy atom. The molecule has 6 heteroatoms. The van der Waals surface area contributed by atoms with Crippen molar-refractivity contribution in [3.63, 3.8) is 0 Å². The molecule has 1 aliphatic heterocycles. The van der Waals surface area contributed by atoms with Crippen LogP contribution in [0.3, 0.4) is 0 Å². The minimum absolute atomic E-state index is 0.00561. The van der Waals surface area contributed by atoms with Gasteiger partial charge in [-0.2, -0.15) is 0 Å². The Hall–Kier alpha value is -2.50. The van der Waals surface area contributed by atoms with Gasteiger partial charge in [0.15, 0.2) is 0 Å². The Bertz CT molecular complexity index is 730. The summed E-state index contributed by atoms with van der Waals surface area (Å²) < 4.78 is 10.1. The predicted octanol–water partition coefficient (Wildman–Crippen LogP) is 3.17. The summed E-state index contributed by atoms with van der Waals surface area (Å²) in [6.07, 6.45) is 11.3. The molecule has 0 radical (unpaired) electrons. The number of hydrogen-bond donors (Lipinski definition) is 0. The molecule has 1 spiro atoms. The van der Waals surface area contributed by atoms with Gasteiger partial charge in [0.2, 0.25) is 0 Å². The summed E-state index contributed by atoms with van der Waals surface area (Å²) in [7, 11) is 0. The van der Waals surface area contributed by atoms with Crippen LogP contribution in [-0.2, 0) is 0 Å². The molecule has 0 aromatic carbocycles. The van der Waals surface area contributed by atoms with Crippen molar-refractivity contribution >= 4 is 11.8 Å². The zero-order valence-electron chi connectivity index (χ0n) is 14.1. The normalized spacial score (nSPS) is 20.0. The van der Waals surface area contributed by atoms with Crippen molar-refractivity contribution in [1.29, 1.82) is 0 Å². The summed E-state index contributed by atoms with van der Waals surface area (Å²) >= 11 is 0. The van der Waals surface area contributed by atoms with E-state index in [4.69, 9.17) is 8.83 Å². The van der Waals surface area contributed by atoms with Crippen molar-refractivity contribution in [2.75, 3.05) is 19.6 Å². The summed E-state index contributed by atoms with van der Waals surface area (Å²) in [5.74, 6) is -0.0137. The monoisotopic (exact) mass is 342 g/mol. The van der Waals surface area contributed by atoms with Crippen LogP contribution in [0.1, 0.15) is 52.8 Å². The molecule has 2 aromatic heterocycles. The van der Waals surface area contributed by atoms with E-state index in [1.54, 1.807) is 12.1 Å². The van der Waals surface area contributed by atoms with Crippen molar-refractivity contribution in [1.82, 2.24) is 9.80 Å². The lowest BCUT2D eigenvalue weighted by Crippen LogP contribution is -2.65. The summed E-state index contributed by atoms with van der Waals surface area (Å²) in [5, 5.41) is 0. The molecular weight excluding hydrogens is 320 g/mol. The summed E-state index contributed by atoms with van der Waals surface area (Å²) in [6, 6.07) is 3.40. The van der Waals surface area contributed by atoms with Crippen molar-refractivity contribution in [2.45, 2.75) is 37.6 Å². The zero-order valence-corrected chi connectivity index (χ0v) is 14.1. The fraction of sp³-hybridized carbons (Fsp3) is 0.474. The first kappa shape index (κ1) is 16.0. The minimum Gasteiger partial charge on any atom is -0.472 e. The number of hydrogen-bond acceptors (Lipinski definition) is 4. The van der Waals surface area contributed by atoms with Gasteiger partial charge in [0, 0.05) is 19.6 Å². The highest BCUT2D eigenvalue weighted by Crippen LogP contribution is 2.38. The topological polar surface area (TPSA) is 66.9 Å². The van der Waals surface area contributed by atoms with Gasteiger partial charge in [-0.25, -0.2) is 0 Å². The lowest BCUT2D eigenvalue weighted by molar-refractivity contribution is -0.0110. The van der Waals surface area contributed by atoms with E-state index in [9.17, 15) is 9.59 Å². The molecule has 25 heavy (non-hydrogen) atoms. The number of piperazine rings is 1. The Morgan fingerprint density at radius 2 is 1.52 bits per heavy atom. The van der Waals surface area contributed by atoms with Crippen LogP contribution in [-0.4, -0.2) is 46.8 Å². The highest BCUT2D eigenvalue weighted by atomic mass is 16.3. The van der Waals surface area contributed by atoms with Crippen LogP contribution in [0.25, 0.3) is 0 Å². The molecular formula is C19H22N2O4. The molecule has 6 nitrogen and oxygen atoms in total. The van der Waals surface area contributed by atoms with E-state index in [0.29, 0.717) is 30.8 Å². The molecule has 2 aromatic rings. The first-order valence-corrected chi connectivity index (χ1v) is 8.85. The molecule has 2 amide bonds. The Labute approximate surface area is 146 Å². The predicted molar refractivity (Wildman–Crippen MR) is 90.2 cm³/mol. The highest BCUT2D eigenvalue weighted by molar-refractivity contribution is 5.96. The molecule has 0 bridgehead atoms. The average molecular weight is 342 g/mol. The van der Waals surface area contributed by atoms with Crippen LogP contribution in [0.5, 0.6) is 0 Å². The molecule has 4 rings (SSSR count). The third kappa shape index (κ3) is 2.86. The minimum atomic E-state index is -0.274. The molecule has 1 saturated heterocycles. The number of furan rings is 2. The van der Waals surface area contributed by atoms with Gasteiger partial charge in [0.05, 0.1) is 29.2 Å². The highest BCUT2D eigenvalue weighted by Gasteiger charge is 2.46. The van der Waals surface area contributed by atoms with E-state index >= 15 is 0 Å². The van der Waals surface area contributed by atoms with Crippen molar-refractivity contribution in [2.24, 2.45) is 0 Å². The second kappa shape index (κ2) is 6.43. The van der Waals surface area contributed by atoms with E-state index in [-0.39, 0.29) is 17.4 Å². The van der Waals surface area contributed by atoms with Crippen LogP contribution in [0.15, 0.2) is 46.0 Å². The second-order valence-electron chi connectivity index (χ2n) is 6.99. The smallest absolute Gasteiger partial charge is 0.257 e. The maximum Gasteiger partial charge on any atom is 0.257 e. The standard InChI is InChI=1S/C19H22N2O4/c22-17(15-4-10-24-12-15)20-8-9-21(18(23)16-5-11-25-13-16)19(14-20)6-2-1-3-7-19/h4-5,10-13H,1-3,6-9,14H2. The van der Waals surface area contributed by atoms with Gasteiger partial charge in [0.1, 0.15) is 12.5 Å². The summed E-state index contributed by atoms with van der Waals surface area (Å²) in [5.41, 5.74) is 0.879. The van der Waals surface area contributed by atoms with Crippen molar-refractivity contribution in [3.05, 3.63) is 48.3 Å². The van der Waals surface area contributed by atoms with Gasteiger partial charge in [-0.05, 0) is 25.0 Å². The van der Waals surface area contributed by atoms with Crippen LogP contribution in [0, 0.1) is 0 Å². The molecule has 0 atom stereocenters. The van der Waals surface area contributed by atoms with Gasteiger partial charge in [-0.15, -0.1) is 0 Å². The van der Waals surface area contributed by atoms with Gasteiger partial charge >= 0.3 is 0 Å². The first-order chi connectivity index (χ1) is 12.2. The van der Waals surface area contributed by atoms with Gasteiger partial charge in [-0.3, -0.25) is 9.59 Å². The summed E-state index contributed by atoms with van der Waals surface area (Å²) in [4.78, 5) is 29.6. The van der Waals surface area contributed by atoms with Crippen LogP contribution in [0.2, 0.25) is 0 Å². The fourth-order valence-corrected chi connectivity index (χ4v) is 4.22. The third-order valence-electron chi connectivity index (χ3n) is 5.50. The Balaban J connectivity index is 1.60. The number of nitrogens with zero attached hydrogens (tertiary/aromatic N) is 2. The average Bonchev–Trinajstić information content (AvgIpc) is 3.35. The van der Waals surface area contributed by atoms with Gasteiger partial charge < -0.3 is 18.6 Å². The molecule has 0 N–H and O–H groups in total. The van der Waals surface area contributed by atoms with Crippen molar-refractivity contribution in [3.8, 4) is 0 Å². The maximum absolute atomic E-state index is 13.0. The van der Waals surface area contributed by atoms with E-state index in [0.717, 1.165) is 25.7 Å². The lowest BCUT2D eigenvalue weighted by atomic mass is 9.78. The van der Waals surface area contributed by atoms with Crippen LogP contribution < -0.4 is 0 Å². The van der Waals surface area contributed by atoms with E-state index in [1.165, 1.54) is 31.5 Å². The van der Waals surface area contributed by atoms with E-state index in [2.05, 4.69) is 0 Å². The second-order valence-corrected chi connectivity index (χ2v) is 6.99. The third-order valence-corrected chi connectivity index (χ3v) is 5.50. The molecule has 2 fully saturated rings. The largest absolute Gasteiger partial charge is 0.472 e. The van der Waals surface area contributed by atoms with Crippen molar-refractivity contribution < 1.29 is 18.4 Å².